The highest BCUT2D eigenvalue weighted by molar-refractivity contribution is 5.81. The largest absolute Gasteiger partial charge is 0.368 e. The van der Waals surface area contributed by atoms with E-state index in [1.54, 1.807) is 0 Å². The molecule has 0 spiro atoms. The van der Waals surface area contributed by atoms with Crippen molar-refractivity contribution < 1.29 is 4.79 Å². The first-order valence-corrected chi connectivity index (χ1v) is 4.62. The minimum atomic E-state index is -0.209. The summed E-state index contributed by atoms with van der Waals surface area (Å²) in [5.41, 5.74) is 5.29. The predicted octanol–water partition coefficient (Wildman–Crippen LogP) is 0.550. The van der Waals surface area contributed by atoms with Gasteiger partial charge in [-0.05, 0) is 32.4 Å². The van der Waals surface area contributed by atoms with Gasteiger partial charge < -0.3 is 5.73 Å². The lowest BCUT2D eigenvalue weighted by atomic mass is 10.1. The molecule has 1 saturated heterocycles. The Morgan fingerprint density at radius 1 is 1.67 bits per heavy atom. The zero-order chi connectivity index (χ0) is 8.97. The number of carbonyl (C=O) groups is 1. The SMILES string of the molecule is CCN1CCCC[CH]C1C(N)=O. The second-order valence-electron chi connectivity index (χ2n) is 3.21. The number of nitrogens with zero attached hydrogens (tertiary/aromatic N) is 1. The molecule has 0 aliphatic carbocycles. The van der Waals surface area contributed by atoms with Gasteiger partial charge >= 0.3 is 0 Å². The normalized spacial score (nSPS) is 26.6. The molecule has 0 aromatic heterocycles. The molecule has 1 amide bonds. The summed E-state index contributed by atoms with van der Waals surface area (Å²) in [6.07, 6.45) is 5.41. The van der Waals surface area contributed by atoms with Crippen LogP contribution >= 0.6 is 0 Å². The number of primary amides is 1. The van der Waals surface area contributed by atoms with Gasteiger partial charge in [0, 0.05) is 0 Å². The van der Waals surface area contributed by atoms with Crippen molar-refractivity contribution in [2.24, 2.45) is 5.73 Å². The van der Waals surface area contributed by atoms with E-state index in [2.05, 4.69) is 11.8 Å². The summed E-state index contributed by atoms with van der Waals surface area (Å²) in [6.45, 7) is 3.97. The molecule has 0 bridgehead atoms. The van der Waals surface area contributed by atoms with Crippen molar-refractivity contribution in [3.05, 3.63) is 6.42 Å². The van der Waals surface area contributed by atoms with E-state index in [0.717, 1.165) is 19.5 Å². The smallest absolute Gasteiger partial charge is 0.235 e. The number of likely N-dealkylation sites (N-methyl/N-ethyl adjacent to an activating group) is 1. The molecule has 1 radical (unpaired) electrons. The molecule has 1 atom stereocenters. The second-order valence-corrected chi connectivity index (χ2v) is 3.21. The molecular formula is C9H17N2O. The van der Waals surface area contributed by atoms with Gasteiger partial charge in [-0.1, -0.05) is 13.3 Å². The third-order valence-electron chi connectivity index (χ3n) is 2.38. The first kappa shape index (κ1) is 9.52. The maximum Gasteiger partial charge on any atom is 0.235 e. The van der Waals surface area contributed by atoms with Crippen LogP contribution in [0.25, 0.3) is 0 Å². The molecule has 2 N–H and O–H groups in total. The van der Waals surface area contributed by atoms with Crippen molar-refractivity contribution in [2.75, 3.05) is 13.1 Å². The number of carbonyl (C=O) groups excluding carboxylic acids is 1. The highest BCUT2D eigenvalue weighted by Crippen LogP contribution is 2.14. The zero-order valence-electron chi connectivity index (χ0n) is 7.62. The van der Waals surface area contributed by atoms with E-state index in [1.165, 1.54) is 12.8 Å². The average molecular weight is 169 g/mol. The molecule has 0 saturated carbocycles. The zero-order valence-corrected chi connectivity index (χ0v) is 7.62. The molecule has 3 heteroatoms. The monoisotopic (exact) mass is 169 g/mol. The van der Waals surface area contributed by atoms with Crippen molar-refractivity contribution in [1.82, 2.24) is 4.90 Å². The Bertz CT molecular complexity index is 159. The highest BCUT2D eigenvalue weighted by atomic mass is 16.1. The third-order valence-corrected chi connectivity index (χ3v) is 2.38. The lowest BCUT2D eigenvalue weighted by Crippen LogP contribution is -2.44. The molecule has 1 aliphatic rings. The third kappa shape index (κ3) is 2.21. The summed E-state index contributed by atoms with van der Waals surface area (Å²) < 4.78 is 0. The molecule has 0 aromatic carbocycles. The summed E-state index contributed by atoms with van der Waals surface area (Å²) in [6, 6.07) is -0.127. The van der Waals surface area contributed by atoms with E-state index in [0.29, 0.717) is 0 Å². The summed E-state index contributed by atoms with van der Waals surface area (Å²) in [5.74, 6) is -0.209. The Morgan fingerprint density at radius 2 is 2.42 bits per heavy atom. The fourth-order valence-electron chi connectivity index (χ4n) is 1.67. The average Bonchev–Trinajstić information content (AvgIpc) is 2.27. The van der Waals surface area contributed by atoms with Crippen molar-refractivity contribution in [3.8, 4) is 0 Å². The first-order valence-electron chi connectivity index (χ1n) is 4.62. The Hall–Kier alpha value is -0.570. The summed E-state index contributed by atoms with van der Waals surface area (Å²) in [4.78, 5) is 13.2. The van der Waals surface area contributed by atoms with Crippen LogP contribution in [0.4, 0.5) is 0 Å². The molecule has 1 rings (SSSR count). The lowest BCUT2D eigenvalue weighted by molar-refractivity contribution is -0.122. The van der Waals surface area contributed by atoms with Crippen molar-refractivity contribution in [1.29, 1.82) is 0 Å². The van der Waals surface area contributed by atoms with Crippen LogP contribution in [0.3, 0.4) is 0 Å². The fourth-order valence-corrected chi connectivity index (χ4v) is 1.67. The van der Waals surface area contributed by atoms with Crippen LogP contribution in [0.2, 0.25) is 0 Å². The van der Waals surface area contributed by atoms with Gasteiger partial charge in [-0.2, -0.15) is 0 Å². The maximum atomic E-state index is 11.0. The van der Waals surface area contributed by atoms with Gasteiger partial charge in [0.25, 0.3) is 0 Å². The van der Waals surface area contributed by atoms with Crippen LogP contribution in [-0.2, 0) is 4.79 Å². The molecule has 69 valence electrons. The van der Waals surface area contributed by atoms with Gasteiger partial charge in [0.1, 0.15) is 0 Å². The molecule has 1 fully saturated rings. The van der Waals surface area contributed by atoms with Crippen molar-refractivity contribution in [3.63, 3.8) is 0 Å². The van der Waals surface area contributed by atoms with E-state index >= 15 is 0 Å². The van der Waals surface area contributed by atoms with E-state index in [4.69, 9.17) is 5.73 Å². The van der Waals surface area contributed by atoms with E-state index in [9.17, 15) is 4.79 Å². The fraction of sp³-hybridized carbons (Fsp3) is 0.778. The van der Waals surface area contributed by atoms with Crippen molar-refractivity contribution >= 4 is 5.91 Å². The van der Waals surface area contributed by atoms with Crippen LogP contribution < -0.4 is 5.73 Å². The van der Waals surface area contributed by atoms with Gasteiger partial charge in [-0.25, -0.2) is 0 Å². The number of rotatable bonds is 2. The lowest BCUT2D eigenvalue weighted by Gasteiger charge is -2.25. The van der Waals surface area contributed by atoms with E-state index in [1.807, 2.05) is 6.42 Å². The van der Waals surface area contributed by atoms with Crippen LogP contribution in [0.5, 0.6) is 0 Å². The summed E-state index contributed by atoms with van der Waals surface area (Å²) in [5, 5.41) is 0. The van der Waals surface area contributed by atoms with E-state index in [-0.39, 0.29) is 11.9 Å². The van der Waals surface area contributed by atoms with Gasteiger partial charge in [-0.3, -0.25) is 9.69 Å². The summed E-state index contributed by atoms with van der Waals surface area (Å²) in [7, 11) is 0. The predicted molar refractivity (Wildman–Crippen MR) is 48.4 cm³/mol. The Balaban J connectivity index is 2.57. The molecule has 3 nitrogen and oxygen atoms in total. The summed E-state index contributed by atoms with van der Waals surface area (Å²) >= 11 is 0. The van der Waals surface area contributed by atoms with E-state index < -0.39 is 0 Å². The van der Waals surface area contributed by atoms with Gasteiger partial charge in [0.15, 0.2) is 0 Å². The molecule has 1 heterocycles. The Kier molecular flexibility index (Phi) is 3.53. The number of likely N-dealkylation sites (tertiary alicyclic amines) is 1. The first-order chi connectivity index (χ1) is 5.75. The molecule has 12 heavy (non-hydrogen) atoms. The van der Waals surface area contributed by atoms with Gasteiger partial charge in [0.05, 0.1) is 6.04 Å². The molecule has 1 unspecified atom stereocenters. The minimum absolute atomic E-state index is 0.127. The number of amides is 1. The highest BCUT2D eigenvalue weighted by Gasteiger charge is 2.23. The number of hydrogen-bond acceptors (Lipinski definition) is 2. The van der Waals surface area contributed by atoms with Crippen LogP contribution in [-0.4, -0.2) is 29.9 Å². The minimum Gasteiger partial charge on any atom is -0.368 e. The van der Waals surface area contributed by atoms with Crippen LogP contribution in [0.1, 0.15) is 26.2 Å². The van der Waals surface area contributed by atoms with Gasteiger partial charge in [0.2, 0.25) is 5.91 Å². The molecule has 1 aliphatic heterocycles. The standard InChI is InChI=1S/C9H17N2O/c1-2-11-7-5-3-4-6-8(11)9(10)12/h6,8H,2-5,7H2,1H3,(H2,10,12). The maximum absolute atomic E-state index is 11.0. The number of nitrogens with two attached hydrogens (primary N) is 1. The number of hydrogen-bond donors (Lipinski definition) is 1. The Labute approximate surface area is 73.9 Å². The second kappa shape index (κ2) is 4.45. The molecule has 0 aromatic rings. The van der Waals surface area contributed by atoms with Gasteiger partial charge in [-0.15, -0.1) is 0 Å². The van der Waals surface area contributed by atoms with Crippen LogP contribution in [0, 0.1) is 6.42 Å². The Morgan fingerprint density at radius 3 is 3.00 bits per heavy atom. The molecular weight excluding hydrogens is 152 g/mol. The van der Waals surface area contributed by atoms with Crippen LogP contribution in [0.15, 0.2) is 0 Å². The quantitative estimate of drug-likeness (QED) is 0.656. The van der Waals surface area contributed by atoms with Crippen molar-refractivity contribution in [2.45, 2.75) is 32.2 Å². The topological polar surface area (TPSA) is 46.3 Å².